The van der Waals surface area contributed by atoms with Crippen molar-refractivity contribution in [3.05, 3.63) is 69.0 Å². The van der Waals surface area contributed by atoms with Gasteiger partial charge in [-0.15, -0.1) is 23.7 Å². The SMILES string of the molecule is Cc1ccc(-c2nc(C)c(C(=O)Nc3ccc4c(c3F)CCNC4)s2)c(C)c1.Cl. The van der Waals surface area contributed by atoms with E-state index in [1.165, 1.54) is 16.9 Å². The minimum absolute atomic E-state index is 0. The second-order valence-corrected chi connectivity index (χ2v) is 8.20. The van der Waals surface area contributed by atoms with Gasteiger partial charge < -0.3 is 10.6 Å². The van der Waals surface area contributed by atoms with Gasteiger partial charge in [-0.25, -0.2) is 9.37 Å². The number of fused-ring (bicyclic) bond motifs is 1. The molecule has 4 rings (SSSR count). The van der Waals surface area contributed by atoms with Crippen LogP contribution in [0.25, 0.3) is 10.6 Å². The number of rotatable bonds is 3. The first-order chi connectivity index (χ1) is 13.4. The van der Waals surface area contributed by atoms with Crippen molar-refractivity contribution in [1.82, 2.24) is 10.3 Å². The van der Waals surface area contributed by atoms with Crippen molar-refractivity contribution >= 4 is 35.3 Å². The summed E-state index contributed by atoms with van der Waals surface area (Å²) < 4.78 is 14.8. The summed E-state index contributed by atoms with van der Waals surface area (Å²) in [7, 11) is 0. The fourth-order valence-corrected chi connectivity index (χ4v) is 4.64. The maximum absolute atomic E-state index is 14.8. The molecular weight excluding hydrogens is 409 g/mol. The topological polar surface area (TPSA) is 54.0 Å². The largest absolute Gasteiger partial charge is 0.319 e. The molecule has 4 nitrogen and oxygen atoms in total. The fraction of sp³-hybridized carbons (Fsp3) is 0.273. The molecule has 0 unspecified atom stereocenters. The van der Waals surface area contributed by atoms with Crippen molar-refractivity contribution in [3.63, 3.8) is 0 Å². The van der Waals surface area contributed by atoms with Crippen LogP contribution in [0.5, 0.6) is 0 Å². The van der Waals surface area contributed by atoms with Crippen LogP contribution in [-0.2, 0) is 13.0 Å². The van der Waals surface area contributed by atoms with E-state index in [9.17, 15) is 9.18 Å². The number of halogens is 2. The second-order valence-electron chi connectivity index (χ2n) is 7.20. The van der Waals surface area contributed by atoms with Gasteiger partial charge >= 0.3 is 0 Å². The predicted octanol–water partition coefficient (Wildman–Crippen LogP) is 5.19. The van der Waals surface area contributed by atoms with E-state index in [0.29, 0.717) is 29.1 Å². The van der Waals surface area contributed by atoms with Gasteiger partial charge in [-0.3, -0.25) is 4.79 Å². The number of aromatic nitrogens is 1. The summed E-state index contributed by atoms with van der Waals surface area (Å²) in [6, 6.07) is 9.68. The number of carbonyl (C=O) groups is 1. The normalized spacial score (nSPS) is 12.8. The Hall–Kier alpha value is -2.28. The Morgan fingerprint density at radius 2 is 2.00 bits per heavy atom. The molecule has 3 aromatic rings. The molecule has 0 saturated carbocycles. The molecule has 1 aliphatic heterocycles. The first-order valence-corrected chi connectivity index (χ1v) is 10.1. The fourth-order valence-electron chi connectivity index (χ4n) is 3.59. The summed E-state index contributed by atoms with van der Waals surface area (Å²) >= 11 is 1.34. The van der Waals surface area contributed by atoms with Gasteiger partial charge in [-0.1, -0.05) is 29.8 Å². The van der Waals surface area contributed by atoms with E-state index in [4.69, 9.17) is 0 Å². The lowest BCUT2D eigenvalue weighted by molar-refractivity contribution is 0.102. The molecule has 1 amide bonds. The van der Waals surface area contributed by atoms with Crippen molar-refractivity contribution in [2.45, 2.75) is 33.7 Å². The quantitative estimate of drug-likeness (QED) is 0.599. The van der Waals surface area contributed by atoms with Crippen molar-refractivity contribution in [2.24, 2.45) is 0 Å². The van der Waals surface area contributed by atoms with E-state index in [0.717, 1.165) is 28.2 Å². The van der Waals surface area contributed by atoms with Gasteiger partial charge in [0.2, 0.25) is 0 Å². The Balaban J connectivity index is 0.00000240. The van der Waals surface area contributed by atoms with Gasteiger partial charge in [0.25, 0.3) is 5.91 Å². The molecule has 0 atom stereocenters. The molecule has 29 heavy (non-hydrogen) atoms. The van der Waals surface area contributed by atoms with Crippen LogP contribution >= 0.6 is 23.7 Å². The minimum atomic E-state index is -0.330. The van der Waals surface area contributed by atoms with Gasteiger partial charge in [0, 0.05) is 12.1 Å². The van der Waals surface area contributed by atoms with Gasteiger partial charge in [0.1, 0.15) is 15.7 Å². The number of benzene rings is 2. The third-order valence-corrected chi connectivity index (χ3v) is 6.26. The van der Waals surface area contributed by atoms with E-state index in [1.807, 2.05) is 39.0 Å². The molecule has 0 radical (unpaired) electrons. The third kappa shape index (κ3) is 4.20. The lowest BCUT2D eigenvalue weighted by Crippen LogP contribution is -2.25. The molecule has 152 valence electrons. The third-order valence-electron chi connectivity index (χ3n) is 5.07. The molecular formula is C22H23ClFN3OS. The predicted molar refractivity (Wildman–Crippen MR) is 119 cm³/mol. The molecule has 7 heteroatoms. The number of thiazole rings is 1. The van der Waals surface area contributed by atoms with Crippen LogP contribution in [0.1, 0.15) is 37.6 Å². The van der Waals surface area contributed by atoms with E-state index in [2.05, 4.69) is 21.7 Å². The highest BCUT2D eigenvalue weighted by Crippen LogP contribution is 2.32. The highest BCUT2D eigenvalue weighted by Gasteiger charge is 2.21. The molecule has 0 saturated heterocycles. The second kappa shape index (κ2) is 8.61. The molecule has 0 spiro atoms. The number of amides is 1. The van der Waals surface area contributed by atoms with Crippen LogP contribution in [0.2, 0.25) is 0 Å². The van der Waals surface area contributed by atoms with E-state index in [1.54, 1.807) is 6.07 Å². The van der Waals surface area contributed by atoms with Crippen LogP contribution in [0.3, 0.4) is 0 Å². The van der Waals surface area contributed by atoms with Crippen molar-refractivity contribution < 1.29 is 9.18 Å². The number of hydrogen-bond donors (Lipinski definition) is 2. The van der Waals surface area contributed by atoms with Crippen LogP contribution in [0.15, 0.2) is 30.3 Å². The average molecular weight is 432 g/mol. The maximum atomic E-state index is 14.8. The van der Waals surface area contributed by atoms with Gasteiger partial charge in [0.05, 0.1) is 11.4 Å². The zero-order valence-electron chi connectivity index (χ0n) is 16.6. The molecule has 2 aromatic carbocycles. The van der Waals surface area contributed by atoms with Crippen LogP contribution in [0.4, 0.5) is 10.1 Å². The van der Waals surface area contributed by atoms with Crippen LogP contribution in [-0.4, -0.2) is 17.4 Å². The van der Waals surface area contributed by atoms with E-state index in [-0.39, 0.29) is 29.8 Å². The minimum Gasteiger partial charge on any atom is -0.319 e. The molecule has 1 aliphatic rings. The number of hydrogen-bond acceptors (Lipinski definition) is 4. The van der Waals surface area contributed by atoms with Crippen molar-refractivity contribution in [2.75, 3.05) is 11.9 Å². The van der Waals surface area contributed by atoms with Crippen LogP contribution < -0.4 is 10.6 Å². The molecule has 2 N–H and O–H groups in total. The Labute approximate surface area is 180 Å². The number of carbonyl (C=O) groups excluding carboxylic acids is 1. The molecule has 0 fully saturated rings. The molecule has 1 aromatic heterocycles. The summed E-state index contributed by atoms with van der Waals surface area (Å²) in [6.45, 7) is 7.30. The molecule has 0 aliphatic carbocycles. The lowest BCUT2D eigenvalue weighted by atomic mass is 9.99. The highest BCUT2D eigenvalue weighted by atomic mass is 35.5. The Kier molecular flexibility index (Phi) is 6.36. The highest BCUT2D eigenvalue weighted by molar-refractivity contribution is 7.17. The summed E-state index contributed by atoms with van der Waals surface area (Å²) in [6.07, 6.45) is 0.626. The van der Waals surface area contributed by atoms with Gasteiger partial charge in [-0.05, 0) is 56.5 Å². The average Bonchev–Trinajstić information content (AvgIpc) is 3.05. The Bertz CT molecular complexity index is 1080. The first kappa shape index (κ1) is 21.4. The first-order valence-electron chi connectivity index (χ1n) is 9.31. The number of aryl methyl sites for hydroxylation is 3. The summed E-state index contributed by atoms with van der Waals surface area (Å²) in [5, 5.41) is 6.77. The zero-order valence-corrected chi connectivity index (χ0v) is 18.2. The van der Waals surface area contributed by atoms with E-state index >= 15 is 0 Å². The summed E-state index contributed by atoms with van der Waals surface area (Å²) in [4.78, 5) is 17.9. The number of anilines is 1. The lowest BCUT2D eigenvalue weighted by Gasteiger charge is -2.19. The zero-order chi connectivity index (χ0) is 19.8. The maximum Gasteiger partial charge on any atom is 0.267 e. The molecule has 0 bridgehead atoms. The standard InChI is InChI=1S/C22H22FN3OS.ClH/c1-12-4-6-16(13(2)10-12)22-25-14(3)20(28-22)21(27)26-18-7-5-15-11-24-9-8-17(15)19(18)23;/h4-7,10,24H,8-9,11H2,1-3H3,(H,26,27);1H. The van der Waals surface area contributed by atoms with Gasteiger partial charge in [-0.2, -0.15) is 0 Å². The van der Waals surface area contributed by atoms with Crippen molar-refractivity contribution in [1.29, 1.82) is 0 Å². The number of nitrogens with zero attached hydrogens (tertiary/aromatic N) is 1. The van der Waals surface area contributed by atoms with E-state index < -0.39 is 0 Å². The Morgan fingerprint density at radius 1 is 1.21 bits per heavy atom. The number of nitrogens with one attached hydrogen (secondary N) is 2. The summed E-state index contributed by atoms with van der Waals surface area (Å²) in [5.74, 6) is -0.650. The van der Waals surface area contributed by atoms with Gasteiger partial charge in [0.15, 0.2) is 0 Å². The smallest absolute Gasteiger partial charge is 0.267 e. The monoisotopic (exact) mass is 431 g/mol. The van der Waals surface area contributed by atoms with Crippen LogP contribution in [0, 0.1) is 26.6 Å². The Morgan fingerprint density at radius 3 is 2.76 bits per heavy atom. The summed E-state index contributed by atoms with van der Waals surface area (Å²) in [5.41, 5.74) is 5.85. The molecule has 2 heterocycles. The van der Waals surface area contributed by atoms with Crippen molar-refractivity contribution in [3.8, 4) is 10.6 Å².